The van der Waals surface area contributed by atoms with Crippen LogP contribution in [0.3, 0.4) is 0 Å². The van der Waals surface area contributed by atoms with Gasteiger partial charge in [-0.25, -0.2) is 4.39 Å². The number of imide groups is 1. The predicted molar refractivity (Wildman–Crippen MR) is 106 cm³/mol. The number of hydrogen-bond acceptors (Lipinski definition) is 5. The molecule has 7 heteroatoms. The van der Waals surface area contributed by atoms with Crippen LogP contribution in [0, 0.1) is 5.82 Å². The van der Waals surface area contributed by atoms with Gasteiger partial charge in [-0.3, -0.25) is 14.9 Å². The van der Waals surface area contributed by atoms with Crippen LogP contribution >= 0.6 is 11.8 Å². The second-order valence-electron chi connectivity index (χ2n) is 6.63. The molecule has 2 aromatic carbocycles. The Kier molecular flexibility index (Phi) is 7.06. The molecular weight excluding hydrogens is 381 g/mol. The summed E-state index contributed by atoms with van der Waals surface area (Å²) < 4.78 is 20.0. The maximum Gasteiger partial charge on any atom is 0.286 e. The molecule has 2 N–H and O–H groups in total. The molecule has 1 aliphatic heterocycles. The summed E-state index contributed by atoms with van der Waals surface area (Å²) in [6.45, 7) is 0.352. The first kappa shape index (κ1) is 20.4. The second-order valence-corrected chi connectivity index (χ2v) is 7.80. The number of carbonyl (C=O) groups is 2. The van der Waals surface area contributed by atoms with Gasteiger partial charge in [-0.05, 0) is 48.6 Å². The molecule has 2 aromatic rings. The van der Waals surface area contributed by atoms with E-state index in [-0.39, 0.29) is 29.5 Å². The zero-order valence-electron chi connectivity index (χ0n) is 15.3. The maximum absolute atomic E-state index is 14.1. The number of amides is 2. The lowest BCUT2D eigenvalue weighted by molar-refractivity contribution is -0.118. The third kappa shape index (κ3) is 5.33. The number of aliphatic hydroxyl groups is 1. The van der Waals surface area contributed by atoms with E-state index in [4.69, 9.17) is 9.84 Å². The summed E-state index contributed by atoms with van der Waals surface area (Å²) in [5.74, 6) is -0.0375. The number of carbonyl (C=O) groups excluding carboxylic acids is 2. The fourth-order valence-electron chi connectivity index (χ4n) is 3.13. The van der Waals surface area contributed by atoms with E-state index in [0.717, 1.165) is 17.3 Å². The Morgan fingerprint density at radius 3 is 2.54 bits per heavy atom. The molecule has 2 unspecified atom stereocenters. The lowest BCUT2D eigenvalue weighted by atomic mass is 9.94. The van der Waals surface area contributed by atoms with Gasteiger partial charge in [-0.2, -0.15) is 0 Å². The number of benzene rings is 2. The third-order valence-electron chi connectivity index (χ3n) is 4.62. The highest BCUT2D eigenvalue weighted by Gasteiger charge is 2.31. The fraction of sp³-hybridized carbons (Fsp3) is 0.333. The summed E-state index contributed by atoms with van der Waals surface area (Å²) in [4.78, 5) is 22.9. The molecule has 0 aromatic heterocycles. The molecule has 0 radical (unpaired) electrons. The van der Waals surface area contributed by atoms with Gasteiger partial charge in [0.15, 0.2) is 0 Å². The molecular formula is C21H22FNO4S. The molecule has 1 heterocycles. The van der Waals surface area contributed by atoms with E-state index in [1.807, 2.05) is 12.1 Å². The van der Waals surface area contributed by atoms with Crippen LogP contribution in [0.4, 0.5) is 9.18 Å². The van der Waals surface area contributed by atoms with Crippen LogP contribution < -0.4 is 10.1 Å². The lowest BCUT2D eigenvalue weighted by Gasteiger charge is -2.18. The van der Waals surface area contributed by atoms with Gasteiger partial charge in [0.05, 0.1) is 11.9 Å². The fourth-order valence-corrected chi connectivity index (χ4v) is 3.99. The summed E-state index contributed by atoms with van der Waals surface area (Å²) in [5, 5.41) is 10.7. The number of halogens is 1. The van der Waals surface area contributed by atoms with Crippen molar-refractivity contribution in [2.75, 3.05) is 13.2 Å². The quantitative estimate of drug-likeness (QED) is 0.668. The second kappa shape index (κ2) is 9.71. The van der Waals surface area contributed by atoms with Crippen molar-refractivity contribution in [1.82, 2.24) is 5.32 Å². The van der Waals surface area contributed by atoms with Crippen molar-refractivity contribution in [3.63, 3.8) is 0 Å². The van der Waals surface area contributed by atoms with E-state index in [9.17, 15) is 14.0 Å². The van der Waals surface area contributed by atoms with E-state index in [0.29, 0.717) is 37.2 Å². The van der Waals surface area contributed by atoms with Crippen LogP contribution in [0.25, 0.3) is 0 Å². The van der Waals surface area contributed by atoms with Crippen molar-refractivity contribution in [2.24, 2.45) is 0 Å². The van der Waals surface area contributed by atoms with Crippen LogP contribution in [0.1, 0.15) is 29.9 Å². The molecule has 0 saturated carbocycles. The summed E-state index contributed by atoms with van der Waals surface area (Å²) >= 11 is 1.01. The SMILES string of the molecule is O=C1NC(=O)C(Cc2ccc(OCC(CCCO)c3ccccc3F)cc2)S1. The minimum atomic E-state index is -0.400. The zero-order chi connectivity index (χ0) is 19.9. The van der Waals surface area contributed by atoms with Crippen LogP contribution in [0.15, 0.2) is 48.5 Å². The minimum absolute atomic E-state index is 0.0505. The highest BCUT2D eigenvalue weighted by Crippen LogP contribution is 2.27. The number of thioether (sulfide) groups is 1. The first-order valence-corrected chi connectivity index (χ1v) is 10.0. The number of ether oxygens (including phenoxy) is 1. The number of hydrogen-bond donors (Lipinski definition) is 2. The van der Waals surface area contributed by atoms with E-state index in [2.05, 4.69) is 5.32 Å². The van der Waals surface area contributed by atoms with Gasteiger partial charge in [0.1, 0.15) is 11.6 Å². The standard InChI is InChI=1S/C21H22FNO4S/c22-18-6-2-1-5-17(18)15(4-3-11-24)13-27-16-9-7-14(8-10-16)12-19-20(25)23-21(26)28-19/h1-2,5-10,15,19,24H,3-4,11-13H2,(H,23,25,26). The smallest absolute Gasteiger partial charge is 0.286 e. The molecule has 0 spiro atoms. The van der Waals surface area contributed by atoms with Crippen molar-refractivity contribution >= 4 is 22.9 Å². The summed E-state index contributed by atoms with van der Waals surface area (Å²) in [7, 11) is 0. The van der Waals surface area contributed by atoms with Crippen molar-refractivity contribution < 1.29 is 23.8 Å². The molecule has 1 fully saturated rings. The predicted octanol–water partition coefficient (Wildman–Crippen LogP) is 3.65. The average Bonchev–Trinajstić information content (AvgIpc) is 3.01. The van der Waals surface area contributed by atoms with Crippen LogP contribution in [0.5, 0.6) is 5.75 Å². The summed E-state index contributed by atoms with van der Waals surface area (Å²) in [6, 6.07) is 13.9. The van der Waals surface area contributed by atoms with Gasteiger partial charge >= 0.3 is 0 Å². The maximum atomic E-state index is 14.1. The first-order valence-electron chi connectivity index (χ1n) is 9.15. The molecule has 1 aliphatic rings. The van der Waals surface area contributed by atoms with Gasteiger partial charge in [0, 0.05) is 12.5 Å². The minimum Gasteiger partial charge on any atom is -0.493 e. The Bertz CT molecular complexity index is 827. The van der Waals surface area contributed by atoms with Crippen molar-refractivity contribution in [3.8, 4) is 5.75 Å². The Hall–Kier alpha value is -2.38. The Morgan fingerprint density at radius 1 is 1.14 bits per heavy atom. The van der Waals surface area contributed by atoms with Crippen molar-refractivity contribution in [2.45, 2.75) is 30.4 Å². The van der Waals surface area contributed by atoms with Gasteiger partial charge in [0.25, 0.3) is 5.24 Å². The molecule has 3 rings (SSSR count). The van der Waals surface area contributed by atoms with Gasteiger partial charge in [-0.1, -0.05) is 42.1 Å². The van der Waals surface area contributed by atoms with Crippen LogP contribution in [0.2, 0.25) is 0 Å². The topological polar surface area (TPSA) is 75.6 Å². The van der Waals surface area contributed by atoms with E-state index < -0.39 is 5.25 Å². The number of nitrogens with one attached hydrogen (secondary N) is 1. The summed E-state index contributed by atoms with van der Waals surface area (Å²) in [6.07, 6.45) is 1.66. The monoisotopic (exact) mass is 403 g/mol. The molecule has 2 amide bonds. The lowest BCUT2D eigenvalue weighted by Crippen LogP contribution is -2.25. The molecule has 0 aliphatic carbocycles. The number of aliphatic hydroxyl groups excluding tert-OH is 1. The molecule has 2 atom stereocenters. The van der Waals surface area contributed by atoms with Crippen molar-refractivity contribution in [1.29, 1.82) is 0 Å². The number of rotatable bonds is 9. The molecule has 28 heavy (non-hydrogen) atoms. The highest BCUT2D eigenvalue weighted by atomic mass is 32.2. The molecule has 5 nitrogen and oxygen atoms in total. The summed E-state index contributed by atoms with van der Waals surface area (Å²) in [5.41, 5.74) is 1.52. The average molecular weight is 403 g/mol. The Morgan fingerprint density at radius 2 is 1.89 bits per heavy atom. The largest absolute Gasteiger partial charge is 0.493 e. The van der Waals surface area contributed by atoms with E-state index >= 15 is 0 Å². The van der Waals surface area contributed by atoms with E-state index in [1.165, 1.54) is 6.07 Å². The van der Waals surface area contributed by atoms with E-state index in [1.54, 1.807) is 30.3 Å². The molecule has 1 saturated heterocycles. The van der Waals surface area contributed by atoms with Gasteiger partial charge in [-0.15, -0.1) is 0 Å². The van der Waals surface area contributed by atoms with Crippen molar-refractivity contribution in [3.05, 3.63) is 65.5 Å². The molecule has 148 valence electrons. The first-order chi connectivity index (χ1) is 13.6. The highest BCUT2D eigenvalue weighted by molar-refractivity contribution is 8.15. The normalized spacial score (nSPS) is 17.4. The molecule has 0 bridgehead atoms. The van der Waals surface area contributed by atoms with Gasteiger partial charge in [0.2, 0.25) is 5.91 Å². The van der Waals surface area contributed by atoms with Crippen LogP contribution in [-0.4, -0.2) is 34.7 Å². The Labute approximate surface area is 167 Å². The third-order valence-corrected chi connectivity index (χ3v) is 5.60. The zero-order valence-corrected chi connectivity index (χ0v) is 16.1. The Balaban J connectivity index is 1.60. The van der Waals surface area contributed by atoms with Gasteiger partial charge < -0.3 is 9.84 Å². The van der Waals surface area contributed by atoms with Crippen LogP contribution in [-0.2, 0) is 11.2 Å².